The van der Waals surface area contributed by atoms with Crippen LogP contribution in [0.25, 0.3) is 33.2 Å². The number of hydrogen-bond acceptors (Lipinski definition) is 8. The predicted octanol–water partition coefficient (Wildman–Crippen LogP) is 4.08. The monoisotopic (exact) mass is 608 g/mol. The molecule has 42 heavy (non-hydrogen) atoms. The number of pyridine rings is 1. The zero-order valence-electron chi connectivity index (χ0n) is 23.8. The van der Waals surface area contributed by atoms with E-state index in [9.17, 15) is 16.8 Å². The van der Waals surface area contributed by atoms with Gasteiger partial charge in [0.1, 0.15) is 0 Å². The largest absolute Gasteiger partial charge is 0.381 e. The Morgan fingerprint density at radius 2 is 1.74 bits per heavy atom. The summed E-state index contributed by atoms with van der Waals surface area (Å²) >= 11 is 0. The van der Waals surface area contributed by atoms with Crippen LogP contribution in [0.3, 0.4) is 0 Å². The molecular formula is C29H32N6O5S2. The average molecular weight is 609 g/mol. The van der Waals surface area contributed by atoms with Crippen LogP contribution in [0.15, 0.2) is 59.6 Å². The number of aryl methyl sites for hydroxylation is 2. The van der Waals surface area contributed by atoms with Crippen molar-refractivity contribution in [3.8, 4) is 11.3 Å². The number of rotatable bonds is 7. The number of nitrogens with zero attached hydrogens (tertiary/aromatic N) is 5. The minimum absolute atomic E-state index is 0.0995. The fourth-order valence-corrected chi connectivity index (χ4v) is 7.61. The summed E-state index contributed by atoms with van der Waals surface area (Å²) in [5.41, 5.74) is 5.11. The Morgan fingerprint density at radius 3 is 2.36 bits per heavy atom. The normalized spacial score (nSPS) is 15.8. The lowest BCUT2D eigenvalue weighted by Crippen LogP contribution is -2.27. The minimum atomic E-state index is -3.75. The molecule has 1 aliphatic rings. The van der Waals surface area contributed by atoms with E-state index in [0.717, 1.165) is 41.6 Å². The van der Waals surface area contributed by atoms with Crippen LogP contribution in [0.5, 0.6) is 0 Å². The number of sulfone groups is 1. The van der Waals surface area contributed by atoms with Crippen LogP contribution in [0.1, 0.15) is 30.1 Å². The van der Waals surface area contributed by atoms with E-state index in [1.807, 2.05) is 43.3 Å². The molecule has 1 unspecified atom stereocenters. The highest BCUT2D eigenvalue weighted by molar-refractivity contribution is 7.92. The average Bonchev–Trinajstić information content (AvgIpc) is 3.45. The van der Waals surface area contributed by atoms with Gasteiger partial charge in [0.25, 0.3) is 0 Å². The second kappa shape index (κ2) is 10.5. The van der Waals surface area contributed by atoms with Crippen LogP contribution in [-0.4, -0.2) is 67.1 Å². The molecule has 0 saturated carbocycles. The Labute approximate surface area is 244 Å². The highest BCUT2D eigenvalue weighted by atomic mass is 32.2. The number of sulfonamides is 1. The van der Waals surface area contributed by atoms with Gasteiger partial charge in [-0.3, -0.25) is 9.71 Å². The van der Waals surface area contributed by atoms with Crippen molar-refractivity contribution in [1.29, 1.82) is 0 Å². The maximum atomic E-state index is 13.3. The van der Waals surface area contributed by atoms with Crippen molar-refractivity contribution in [3.63, 3.8) is 0 Å². The number of fused-ring (bicyclic) bond motifs is 3. The van der Waals surface area contributed by atoms with E-state index in [4.69, 9.17) is 9.72 Å². The maximum Gasteiger partial charge on any atom is 0.229 e. The van der Waals surface area contributed by atoms with Crippen molar-refractivity contribution in [2.45, 2.75) is 30.7 Å². The third-order valence-electron chi connectivity index (χ3n) is 7.84. The Bertz CT molecular complexity index is 2010. The van der Waals surface area contributed by atoms with Gasteiger partial charge in [-0.1, -0.05) is 35.5 Å². The topological polar surface area (TPSA) is 138 Å². The fourth-order valence-electron chi connectivity index (χ4n) is 6.17. The van der Waals surface area contributed by atoms with E-state index < -0.39 is 19.9 Å². The molecule has 1 fully saturated rings. The van der Waals surface area contributed by atoms with E-state index >= 15 is 0 Å². The smallest absolute Gasteiger partial charge is 0.229 e. The van der Waals surface area contributed by atoms with Gasteiger partial charge in [-0.2, -0.15) is 0 Å². The van der Waals surface area contributed by atoms with Crippen molar-refractivity contribution < 1.29 is 21.6 Å². The van der Waals surface area contributed by atoms with Gasteiger partial charge in [-0.15, -0.1) is 5.10 Å². The molecule has 1 saturated heterocycles. The van der Waals surface area contributed by atoms with Crippen molar-refractivity contribution in [2.24, 2.45) is 13.0 Å². The van der Waals surface area contributed by atoms with Crippen molar-refractivity contribution in [3.05, 3.63) is 66.0 Å². The van der Waals surface area contributed by atoms with Gasteiger partial charge in [0, 0.05) is 38.3 Å². The van der Waals surface area contributed by atoms with Crippen LogP contribution in [0.2, 0.25) is 0 Å². The Kier molecular flexibility index (Phi) is 7.06. The Balaban J connectivity index is 1.81. The SMILES string of the molecule is Cc1nnn(C)c1-c1cnc2c3c(NS(C)(=O)=O)ccc(S(C)(=O)=O)c3n(C(c3ccccc3)C3CCOCC3)c2c1. The van der Waals surface area contributed by atoms with Gasteiger partial charge in [0.2, 0.25) is 10.0 Å². The molecule has 0 spiro atoms. The van der Waals surface area contributed by atoms with E-state index in [2.05, 4.69) is 19.6 Å². The van der Waals surface area contributed by atoms with E-state index in [0.29, 0.717) is 35.2 Å². The zero-order valence-corrected chi connectivity index (χ0v) is 25.4. The third kappa shape index (κ3) is 5.05. The molecule has 220 valence electrons. The lowest BCUT2D eigenvalue weighted by atomic mass is 9.86. The van der Waals surface area contributed by atoms with Crippen LogP contribution < -0.4 is 4.72 Å². The Morgan fingerprint density at radius 1 is 1.02 bits per heavy atom. The van der Waals surface area contributed by atoms with Gasteiger partial charge < -0.3 is 9.30 Å². The Hall–Kier alpha value is -3.81. The number of ether oxygens (including phenoxy) is 1. The molecule has 6 rings (SSSR count). The molecule has 4 heterocycles. The van der Waals surface area contributed by atoms with Gasteiger partial charge >= 0.3 is 0 Å². The summed E-state index contributed by atoms with van der Waals surface area (Å²) in [5, 5.41) is 8.79. The quantitative estimate of drug-likeness (QED) is 0.292. The first-order valence-corrected chi connectivity index (χ1v) is 17.4. The first kappa shape index (κ1) is 28.3. The summed E-state index contributed by atoms with van der Waals surface area (Å²) in [5.74, 6) is 0.114. The van der Waals surface area contributed by atoms with Crippen LogP contribution in [0, 0.1) is 12.8 Å². The number of nitrogens with one attached hydrogen (secondary N) is 1. The standard InChI is InChI=1S/C29H32N6O5S2/c1-18-27(34(2)33-31-18)21-16-23-26(30-17-21)25-22(32-42(4,38)39)10-11-24(41(3,36)37)29(25)35(23)28(19-8-6-5-7-9-19)20-12-14-40-15-13-20/h5-11,16-17,20,28,32H,12-15H2,1-4H3. The highest BCUT2D eigenvalue weighted by Crippen LogP contribution is 2.45. The summed E-state index contributed by atoms with van der Waals surface area (Å²) in [6.07, 6.45) is 5.48. The molecule has 1 atom stereocenters. The van der Waals surface area contributed by atoms with Gasteiger partial charge in [-0.05, 0) is 49.4 Å². The maximum absolute atomic E-state index is 13.3. The lowest BCUT2D eigenvalue weighted by molar-refractivity contribution is 0.0552. The molecule has 1 N–H and O–H groups in total. The molecule has 0 aliphatic carbocycles. The lowest BCUT2D eigenvalue weighted by Gasteiger charge is -2.33. The molecular weight excluding hydrogens is 576 g/mol. The second-order valence-electron chi connectivity index (χ2n) is 10.9. The molecule has 11 nitrogen and oxygen atoms in total. The molecule has 0 radical (unpaired) electrons. The first-order valence-electron chi connectivity index (χ1n) is 13.6. The van der Waals surface area contributed by atoms with Crippen molar-refractivity contribution >= 4 is 47.5 Å². The first-order chi connectivity index (χ1) is 19.9. The number of anilines is 1. The predicted molar refractivity (Wildman–Crippen MR) is 162 cm³/mol. The van der Waals surface area contributed by atoms with Crippen LogP contribution >= 0.6 is 0 Å². The van der Waals surface area contributed by atoms with Crippen molar-refractivity contribution in [1.82, 2.24) is 24.5 Å². The van der Waals surface area contributed by atoms with Gasteiger partial charge in [-0.25, -0.2) is 21.5 Å². The van der Waals surface area contributed by atoms with E-state index in [1.165, 1.54) is 18.4 Å². The summed E-state index contributed by atoms with van der Waals surface area (Å²) in [6, 6.07) is 14.6. The van der Waals surface area contributed by atoms with E-state index in [1.54, 1.807) is 17.9 Å². The fraction of sp³-hybridized carbons (Fsp3) is 0.345. The minimum Gasteiger partial charge on any atom is -0.381 e. The highest BCUT2D eigenvalue weighted by Gasteiger charge is 2.33. The zero-order chi connectivity index (χ0) is 29.8. The summed E-state index contributed by atoms with van der Waals surface area (Å²) in [7, 11) is -5.64. The van der Waals surface area contributed by atoms with Crippen molar-refractivity contribution in [2.75, 3.05) is 30.4 Å². The number of hydrogen-bond donors (Lipinski definition) is 1. The van der Waals surface area contributed by atoms with Gasteiger partial charge in [0.15, 0.2) is 9.84 Å². The van der Waals surface area contributed by atoms with Crippen LogP contribution in [-0.2, 0) is 31.6 Å². The molecule has 1 aliphatic heterocycles. The third-order valence-corrected chi connectivity index (χ3v) is 9.56. The molecule has 5 aromatic rings. The molecule has 0 bridgehead atoms. The van der Waals surface area contributed by atoms with Crippen LogP contribution in [0.4, 0.5) is 5.69 Å². The molecule has 2 aromatic carbocycles. The number of aromatic nitrogens is 5. The van der Waals surface area contributed by atoms with E-state index in [-0.39, 0.29) is 22.5 Å². The second-order valence-corrected chi connectivity index (χ2v) is 14.6. The summed E-state index contributed by atoms with van der Waals surface area (Å²) in [6.45, 7) is 3.05. The number of benzene rings is 2. The van der Waals surface area contributed by atoms with Gasteiger partial charge in [0.05, 0.1) is 56.2 Å². The summed E-state index contributed by atoms with van der Waals surface area (Å²) < 4.78 is 63.7. The molecule has 3 aromatic heterocycles. The molecule has 13 heteroatoms. The summed E-state index contributed by atoms with van der Waals surface area (Å²) in [4.78, 5) is 4.96. The molecule has 0 amide bonds.